The number of thiophene rings is 1. The molecule has 0 bridgehead atoms. The number of halogens is 1. The fourth-order valence-electron chi connectivity index (χ4n) is 3.08. The number of hydrogen-bond donors (Lipinski definition) is 0. The second-order valence-electron chi connectivity index (χ2n) is 6.05. The number of amides is 1. The standard InChI is InChI=1S/C17H18ClNO5S2/c1-2-19(11-7-8-26(22,23)10-11)14(20)9-24-17(21)16-15(18)12-5-3-4-6-13(12)25-16/h3-6,11H,2,7-10H2,1H3. The number of carbonyl (C=O) groups excluding carboxylic acids is 2. The summed E-state index contributed by atoms with van der Waals surface area (Å²) in [7, 11) is -3.10. The summed E-state index contributed by atoms with van der Waals surface area (Å²) >= 11 is 7.45. The number of ether oxygens (including phenoxy) is 1. The van der Waals surface area contributed by atoms with Crippen LogP contribution in [0.4, 0.5) is 0 Å². The predicted octanol–water partition coefficient (Wildman–Crippen LogP) is 2.75. The van der Waals surface area contributed by atoms with E-state index in [0.29, 0.717) is 18.0 Å². The number of carbonyl (C=O) groups is 2. The molecule has 1 aromatic heterocycles. The molecule has 1 aliphatic heterocycles. The van der Waals surface area contributed by atoms with Gasteiger partial charge in [-0.15, -0.1) is 11.3 Å². The van der Waals surface area contributed by atoms with Crippen molar-refractivity contribution in [1.29, 1.82) is 0 Å². The second kappa shape index (κ2) is 7.54. The van der Waals surface area contributed by atoms with Crippen molar-refractivity contribution in [2.75, 3.05) is 24.7 Å². The van der Waals surface area contributed by atoms with Crippen LogP contribution in [0.1, 0.15) is 23.0 Å². The highest BCUT2D eigenvalue weighted by molar-refractivity contribution is 7.91. The van der Waals surface area contributed by atoms with E-state index in [2.05, 4.69) is 0 Å². The van der Waals surface area contributed by atoms with Gasteiger partial charge >= 0.3 is 5.97 Å². The Bertz CT molecular complexity index is 953. The van der Waals surface area contributed by atoms with E-state index < -0.39 is 28.3 Å². The van der Waals surface area contributed by atoms with E-state index in [0.717, 1.165) is 10.1 Å². The van der Waals surface area contributed by atoms with Gasteiger partial charge in [0, 0.05) is 22.7 Å². The van der Waals surface area contributed by atoms with Crippen LogP contribution in [0.25, 0.3) is 10.1 Å². The highest BCUT2D eigenvalue weighted by Gasteiger charge is 2.34. The van der Waals surface area contributed by atoms with E-state index >= 15 is 0 Å². The van der Waals surface area contributed by atoms with E-state index in [-0.39, 0.29) is 22.4 Å². The summed E-state index contributed by atoms with van der Waals surface area (Å²) in [6.07, 6.45) is 0.415. The molecule has 2 aromatic rings. The Morgan fingerprint density at radius 2 is 2.08 bits per heavy atom. The summed E-state index contributed by atoms with van der Waals surface area (Å²) < 4.78 is 29.2. The maximum atomic E-state index is 12.4. The van der Waals surface area contributed by atoms with Crippen LogP contribution in [0.3, 0.4) is 0 Å². The molecule has 0 N–H and O–H groups in total. The molecule has 9 heteroatoms. The van der Waals surface area contributed by atoms with E-state index in [1.54, 1.807) is 6.92 Å². The number of hydrogen-bond acceptors (Lipinski definition) is 6. The minimum Gasteiger partial charge on any atom is -0.451 e. The van der Waals surface area contributed by atoms with Crippen LogP contribution in [-0.2, 0) is 19.4 Å². The van der Waals surface area contributed by atoms with Gasteiger partial charge in [-0.3, -0.25) is 4.79 Å². The van der Waals surface area contributed by atoms with Gasteiger partial charge in [0.05, 0.1) is 16.5 Å². The number of likely N-dealkylation sites (N-methyl/N-ethyl adjacent to an activating group) is 1. The van der Waals surface area contributed by atoms with Crippen molar-refractivity contribution in [3.63, 3.8) is 0 Å². The van der Waals surface area contributed by atoms with Crippen LogP contribution in [0.15, 0.2) is 24.3 Å². The number of sulfone groups is 1. The quantitative estimate of drug-likeness (QED) is 0.701. The Hall–Kier alpha value is -1.64. The number of rotatable bonds is 5. The molecule has 1 amide bonds. The van der Waals surface area contributed by atoms with E-state index in [1.807, 2.05) is 24.3 Å². The third-order valence-electron chi connectivity index (χ3n) is 4.36. The van der Waals surface area contributed by atoms with Crippen LogP contribution < -0.4 is 0 Å². The van der Waals surface area contributed by atoms with E-state index in [1.165, 1.54) is 16.2 Å². The highest BCUT2D eigenvalue weighted by Crippen LogP contribution is 2.35. The Balaban J connectivity index is 1.66. The van der Waals surface area contributed by atoms with Crippen molar-refractivity contribution in [1.82, 2.24) is 4.90 Å². The Kier molecular flexibility index (Phi) is 5.55. The van der Waals surface area contributed by atoms with Gasteiger partial charge in [-0.05, 0) is 19.4 Å². The Morgan fingerprint density at radius 3 is 2.69 bits per heavy atom. The zero-order chi connectivity index (χ0) is 18.9. The number of nitrogens with zero attached hydrogens (tertiary/aromatic N) is 1. The molecule has 1 fully saturated rings. The smallest absolute Gasteiger partial charge is 0.350 e. The van der Waals surface area contributed by atoms with Crippen molar-refractivity contribution in [3.8, 4) is 0 Å². The summed E-state index contributed by atoms with van der Waals surface area (Å²) in [4.78, 5) is 26.4. The lowest BCUT2D eigenvalue weighted by Crippen LogP contribution is -2.43. The molecular formula is C17H18ClNO5S2. The van der Waals surface area contributed by atoms with Crippen molar-refractivity contribution >= 4 is 54.7 Å². The van der Waals surface area contributed by atoms with Crippen LogP contribution in [-0.4, -0.2) is 55.9 Å². The monoisotopic (exact) mass is 415 g/mol. The molecule has 1 aliphatic rings. The van der Waals surface area contributed by atoms with Gasteiger partial charge in [0.1, 0.15) is 4.88 Å². The summed E-state index contributed by atoms with van der Waals surface area (Å²) in [5.74, 6) is -1.01. The lowest BCUT2D eigenvalue weighted by molar-refractivity contribution is -0.136. The fourth-order valence-corrected chi connectivity index (χ4v) is 6.21. The fraction of sp³-hybridized carbons (Fsp3) is 0.412. The lowest BCUT2D eigenvalue weighted by Gasteiger charge is -2.26. The van der Waals surface area contributed by atoms with Crippen molar-refractivity contribution < 1.29 is 22.7 Å². The SMILES string of the molecule is CCN(C(=O)COC(=O)c1sc2ccccc2c1Cl)C1CCS(=O)(=O)C1. The molecular weight excluding hydrogens is 398 g/mol. The molecule has 0 spiro atoms. The molecule has 26 heavy (non-hydrogen) atoms. The summed E-state index contributed by atoms with van der Waals surface area (Å²) in [5.41, 5.74) is 0. The van der Waals surface area contributed by atoms with Crippen molar-refractivity contribution in [2.45, 2.75) is 19.4 Å². The zero-order valence-electron chi connectivity index (χ0n) is 14.1. The molecule has 140 valence electrons. The lowest BCUT2D eigenvalue weighted by atomic mass is 10.2. The predicted molar refractivity (Wildman–Crippen MR) is 102 cm³/mol. The first-order chi connectivity index (χ1) is 12.3. The summed E-state index contributed by atoms with van der Waals surface area (Å²) in [5, 5.41) is 1.08. The topological polar surface area (TPSA) is 80.8 Å². The molecule has 1 atom stereocenters. The number of fused-ring (bicyclic) bond motifs is 1. The number of esters is 1. The first-order valence-corrected chi connectivity index (χ1v) is 11.2. The van der Waals surface area contributed by atoms with E-state index in [4.69, 9.17) is 16.3 Å². The van der Waals surface area contributed by atoms with Gasteiger partial charge in [0.15, 0.2) is 16.4 Å². The molecule has 3 rings (SSSR count). The van der Waals surface area contributed by atoms with Gasteiger partial charge in [0.2, 0.25) is 0 Å². The van der Waals surface area contributed by atoms with Gasteiger partial charge in [-0.1, -0.05) is 29.8 Å². The Morgan fingerprint density at radius 1 is 1.35 bits per heavy atom. The van der Waals surface area contributed by atoms with Crippen molar-refractivity contribution in [2.24, 2.45) is 0 Å². The van der Waals surface area contributed by atoms with Gasteiger partial charge in [-0.2, -0.15) is 0 Å². The second-order valence-corrected chi connectivity index (χ2v) is 9.71. The molecule has 1 aromatic carbocycles. The van der Waals surface area contributed by atoms with Gasteiger partial charge in [-0.25, -0.2) is 13.2 Å². The molecule has 6 nitrogen and oxygen atoms in total. The first kappa shape index (κ1) is 19.1. The molecule has 0 saturated carbocycles. The normalized spacial score (nSPS) is 18.8. The average Bonchev–Trinajstić information content (AvgIpc) is 3.13. The molecule has 1 unspecified atom stereocenters. The summed E-state index contributed by atoms with van der Waals surface area (Å²) in [6, 6.07) is 6.99. The zero-order valence-corrected chi connectivity index (χ0v) is 16.5. The summed E-state index contributed by atoms with van der Waals surface area (Å²) in [6.45, 7) is 1.70. The van der Waals surface area contributed by atoms with Crippen LogP contribution >= 0.6 is 22.9 Å². The van der Waals surface area contributed by atoms with Crippen LogP contribution in [0, 0.1) is 0 Å². The maximum absolute atomic E-state index is 12.4. The van der Waals surface area contributed by atoms with Gasteiger partial charge < -0.3 is 9.64 Å². The van der Waals surface area contributed by atoms with Crippen LogP contribution in [0.5, 0.6) is 0 Å². The molecule has 2 heterocycles. The molecule has 0 aliphatic carbocycles. The maximum Gasteiger partial charge on any atom is 0.350 e. The van der Waals surface area contributed by atoms with Gasteiger partial charge in [0.25, 0.3) is 5.91 Å². The minimum atomic E-state index is -3.10. The van der Waals surface area contributed by atoms with Crippen molar-refractivity contribution in [3.05, 3.63) is 34.2 Å². The molecule has 1 saturated heterocycles. The first-order valence-electron chi connectivity index (χ1n) is 8.16. The van der Waals surface area contributed by atoms with Crippen LogP contribution in [0.2, 0.25) is 5.02 Å². The molecule has 0 radical (unpaired) electrons. The Labute approximate surface area is 160 Å². The van der Waals surface area contributed by atoms with E-state index in [9.17, 15) is 18.0 Å². The number of benzene rings is 1. The highest BCUT2D eigenvalue weighted by atomic mass is 35.5. The largest absolute Gasteiger partial charge is 0.451 e. The third-order valence-corrected chi connectivity index (χ3v) is 7.76. The minimum absolute atomic E-state index is 0.0390. The third kappa shape index (κ3) is 3.87. The average molecular weight is 416 g/mol.